The minimum absolute atomic E-state index is 0.0810. The van der Waals surface area contributed by atoms with E-state index in [9.17, 15) is 18.0 Å². The number of carbonyl (C=O) groups excluding carboxylic acids is 2. The summed E-state index contributed by atoms with van der Waals surface area (Å²) >= 11 is 0. The van der Waals surface area contributed by atoms with Gasteiger partial charge in [0, 0.05) is 40.7 Å². The minimum atomic E-state index is -3.55. The number of hydrogen-bond acceptors (Lipinski definition) is 6. The van der Waals surface area contributed by atoms with E-state index in [1.54, 1.807) is 24.0 Å². The second kappa shape index (κ2) is 8.73. The first-order valence-electron chi connectivity index (χ1n) is 9.97. The number of aromatic nitrogens is 2. The van der Waals surface area contributed by atoms with Crippen LogP contribution in [0.1, 0.15) is 32.0 Å². The van der Waals surface area contributed by atoms with E-state index in [1.807, 2.05) is 11.6 Å². The highest BCUT2D eigenvalue weighted by Crippen LogP contribution is 2.22. The van der Waals surface area contributed by atoms with E-state index >= 15 is 0 Å². The summed E-state index contributed by atoms with van der Waals surface area (Å²) in [5.41, 5.74) is 1.31. The predicted octanol–water partition coefficient (Wildman–Crippen LogP) is 1.31. The van der Waals surface area contributed by atoms with Gasteiger partial charge in [0.2, 0.25) is 10.0 Å². The van der Waals surface area contributed by atoms with Gasteiger partial charge in [0.1, 0.15) is 5.82 Å². The van der Waals surface area contributed by atoms with E-state index in [0.717, 1.165) is 22.7 Å². The van der Waals surface area contributed by atoms with Crippen LogP contribution in [0.2, 0.25) is 0 Å². The lowest BCUT2D eigenvalue weighted by Crippen LogP contribution is -2.38. The summed E-state index contributed by atoms with van der Waals surface area (Å²) in [5, 5.41) is 0. The number of benzene rings is 1. The third-order valence-electron chi connectivity index (χ3n) is 5.35. The number of carbonyl (C=O) groups is 2. The molecular weight excluding hydrogens is 408 g/mol. The molecule has 1 aromatic carbocycles. The first kappa shape index (κ1) is 22.2. The Bertz CT molecular complexity index is 1050. The summed E-state index contributed by atoms with van der Waals surface area (Å²) in [7, 11) is 1.22. The van der Waals surface area contributed by atoms with Crippen LogP contribution >= 0.6 is 0 Å². The molecule has 1 fully saturated rings. The van der Waals surface area contributed by atoms with Gasteiger partial charge in [-0.1, -0.05) is 0 Å². The summed E-state index contributed by atoms with van der Waals surface area (Å²) in [4.78, 5) is 30.9. The molecule has 1 aliphatic heterocycles. The Balaban J connectivity index is 1.66. The van der Waals surface area contributed by atoms with Crippen LogP contribution < -0.4 is 0 Å². The van der Waals surface area contributed by atoms with Crippen molar-refractivity contribution >= 4 is 32.9 Å². The zero-order chi connectivity index (χ0) is 22.1. The summed E-state index contributed by atoms with van der Waals surface area (Å²) in [6.45, 7) is 3.03. The normalized spacial score (nSPS) is 15.7. The van der Waals surface area contributed by atoms with Gasteiger partial charge in [-0.15, -0.1) is 0 Å². The fourth-order valence-electron chi connectivity index (χ4n) is 3.54. The van der Waals surface area contributed by atoms with Gasteiger partial charge in [-0.25, -0.2) is 17.7 Å². The molecule has 1 unspecified atom stereocenters. The number of esters is 1. The van der Waals surface area contributed by atoms with Crippen molar-refractivity contribution in [1.82, 2.24) is 18.8 Å². The molecule has 1 atom stereocenters. The van der Waals surface area contributed by atoms with Gasteiger partial charge in [0.25, 0.3) is 5.91 Å². The number of nitrogens with zero attached hydrogens (tertiary/aromatic N) is 4. The van der Waals surface area contributed by atoms with Crippen molar-refractivity contribution in [2.45, 2.75) is 43.6 Å². The number of sulfonamides is 1. The Kier molecular flexibility index (Phi) is 6.47. The summed E-state index contributed by atoms with van der Waals surface area (Å²) in [5.74, 6) is 0.0241. The Morgan fingerprint density at radius 3 is 2.53 bits per heavy atom. The van der Waals surface area contributed by atoms with Gasteiger partial charge >= 0.3 is 5.97 Å². The van der Waals surface area contributed by atoms with E-state index in [-0.39, 0.29) is 17.2 Å². The maximum atomic E-state index is 12.3. The van der Waals surface area contributed by atoms with Gasteiger partial charge in [0.05, 0.1) is 22.3 Å². The molecule has 3 rings (SSSR count). The van der Waals surface area contributed by atoms with E-state index in [4.69, 9.17) is 4.74 Å². The molecule has 0 N–H and O–H groups in total. The van der Waals surface area contributed by atoms with Crippen molar-refractivity contribution < 1.29 is 22.7 Å². The molecule has 2 aromatic rings. The Labute approximate surface area is 176 Å². The van der Waals surface area contributed by atoms with Crippen molar-refractivity contribution in [1.29, 1.82) is 0 Å². The van der Waals surface area contributed by atoms with Gasteiger partial charge in [-0.05, 0) is 38.0 Å². The molecule has 10 heteroatoms. The number of aryl methyl sites for hydroxylation is 2. The standard InChI is InChI=1S/C20H28N4O5S/c1-14(20(26)24-11-5-6-12-24)29-19(25)10-9-18-21-16-13-15(30(27,28)22(2)3)7-8-17(16)23(18)4/h7-8,13-14H,5-6,9-12H2,1-4H3. The molecule has 1 aromatic heterocycles. The average molecular weight is 437 g/mol. The molecule has 0 aliphatic carbocycles. The molecule has 9 nitrogen and oxygen atoms in total. The quantitative estimate of drug-likeness (QED) is 0.607. The Morgan fingerprint density at radius 2 is 1.90 bits per heavy atom. The number of fused-ring (bicyclic) bond motifs is 1. The maximum Gasteiger partial charge on any atom is 0.307 e. The summed E-state index contributed by atoms with van der Waals surface area (Å²) in [6, 6.07) is 4.78. The van der Waals surface area contributed by atoms with Gasteiger partial charge in [0.15, 0.2) is 6.10 Å². The van der Waals surface area contributed by atoms with Crippen molar-refractivity contribution in [2.24, 2.45) is 7.05 Å². The SMILES string of the molecule is CC(OC(=O)CCc1nc2cc(S(=O)(=O)N(C)C)ccc2n1C)C(=O)N1CCCC1. The Hall–Kier alpha value is -2.46. The molecule has 0 saturated carbocycles. The van der Waals surface area contributed by atoms with Crippen molar-refractivity contribution in [2.75, 3.05) is 27.2 Å². The number of imidazole rings is 1. The van der Waals surface area contributed by atoms with E-state index in [2.05, 4.69) is 4.98 Å². The molecular formula is C20H28N4O5S. The number of ether oxygens (including phenoxy) is 1. The Morgan fingerprint density at radius 1 is 1.23 bits per heavy atom. The second-order valence-electron chi connectivity index (χ2n) is 7.69. The average Bonchev–Trinajstić information content (AvgIpc) is 3.34. The largest absolute Gasteiger partial charge is 0.453 e. The lowest BCUT2D eigenvalue weighted by atomic mass is 10.3. The van der Waals surface area contributed by atoms with Crippen LogP contribution in [0, 0.1) is 0 Å². The zero-order valence-electron chi connectivity index (χ0n) is 17.8. The molecule has 1 aliphatic rings. The molecule has 164 valence electrons. The highest BCUT2D eigenvalue weighted by atomic mass is 32.2. The number of amides is 1. The van der Waals surface area contributed by atoms with Gasteiger partial charge in [-0.3, -0.25) is 9.59 Å². The molecule has 0 spiro atoms. The van der Waals surface area contributed by atoms with Crippen LogP contribution in [0.15, 0.2) is 23.1 Å². The lowest BCUT2D eigenvalue weighted by molar-refractivity contribution is -0.158. The molecule has 1 saturated heterocycles. The molecule has 30 heavy (non-hydrogen) atoms. The van der Waals surface area contributed by atoms with Crippen LogP contribution in [0.25, 0.3) is 11.0 Å². The lowest BCUT2D eigenvalue weighted by Gasteiger charge is -2.20. The number of rotatable bonds is 7. The topological polar surface area (TPSA) is 102 Å². The molecule has 0 bridgehead atoms. The minimum Gasteiger partial charge on any atom is -0.453 e. The van der Waals surface area contributed by atoms with Crippen LogP contribution in [0.4, 0.5) is 0 Å². The second-order valence-corrected chi connectivity index (χ2v) is 9.84. The smallest absolute Gasteiger partial charge is 0.307 e. The van der Waals surface area contributed by atoms with E-state index in [1.165, 1.54) is 20.2 Å². The van der Waals surface area contributed by atoms with Crippen molar-refractivity contribution in [3.8, 4) is 0 Å². The third-order valence-corrected chi connectivity index (χ3v) is 7.16. The summed E-state index contributed by atoms with van der Waals surface area (Å²) in [6.07, 6.45) is 1.57. The maximum absolute atomic E-state index is 12.3. The zero-order valence-corrected chi connectivity index (χ0v) is 18.6. The van der Waals surface area contributed by atoms with Crippen molar-refractivity contribution in [3.63, 3.8) is 0 Å². The van der Waals surface area contributed by atoms with Crippen LogP contribution in [0.5, 0.6) is 0 Å². The van der Waals surface area contributed by atoms with Gasteiger partial charge < -0.3 is 14.2 Å². The van der Waals surface area contributed by atoms with E-state index < -0.39 is 22.1 Å². The first-order valence-corrected chi connectivity index (χ1v) is 11.4. The number of hydrogen-bond donors (Lipinski definition) is 0. The van der Waals surface area contributed by atoms with Gasteiger partial charge in [-0.2, -0.15) is 0 Å². The molecule has 2 heterocycles. The fourth-order valence-corrected chi connectivity index (χ4v) is 4.46. The van der Waals surface area contributed by atoms with Crippen LogP contribution in [0.3, 0.4) is 0 Å². The number of likely N-dealkylation sites (tertiary alicyclic amines) is 1. The monoisotopic (exact) mass is 436 g/mol. The van der Waals surface area contributed by atoms with Crippen LogP contribution in [-0.4, -0.2) is 72.3 Å². The highest BCUT2D eigenvalue weighted by Gasteiger charge is 2.26. The van der Waals surface area contributed by atoms with Crippen LogP contribution in [-0.2, 0) is 37.8 Å². The molecule has 1 amide bonds. The van der Waals surface area contributed by atoms with Crippen molar-refractivity contribution in [3.05, 3.63) is 24.0 Å². The molecule has 0 radical (unpaired) electrons. The highest BCUT2D eigenvalue weighted by molar-refractivity contribution is 7.89. The summed E-state index contributed by atoms with van der Waals surface area (Å²) < 4.78 is 32.9. The first-order chi connectivity index (χ1) is 14.1. The third kappa shape index (κ3) is 4.49. The van der Waals surface area contributed by atoms with E-state index in [0.29, 0.717) is 30.9 Å². The predicted molar refractivity (Wildman–Crippen MR) is 111 cm³/mol. The fraction of sp³-hybridized carbons (Fsp3) is 0.550.